The number of benzene rings is 1. The van der Waals surface area contributed by atoms with Gasteiger partial charge in [0.25, 0.3) is 5.91 Å². The van der Waals surface area contributed by atoms with E-state index in [-0.39, 0.29) is 18.3 Å². The number of carbonyl (C=O) groups excluding carboxylic acids is 1. The first-order valence-electron chi connectivity index (χ1n) is 9.04. The standard InChI is InChI=1S/C19H24ClN5OS.ClH/c1-5-24(6-2)10-11-25(18(26)17-13(3)12-21-23(17)4)19-22-16-14(20)8-7-9-15(16)27-19;/h7-9,12H,5-6,10-11H2,1-4H3;1H. The zero-order valence-electron chi connectivity index (χ0n) is 16.5. The number of anilines is 1. The molecule has 0 aliphatic rings. The number of fused-ring (bicyclic) bond motifs is 1. The van der Waals surface area contributed by atoms with Crippen LogP contribution in [0.5, 0.6) is 0 Å². The van der Waals surface area contributed by atoms with E-state index in [0.29, 0.717) is 22.4 Å². The first kappa shape index (κ1) is 22.6. The topological polar surface area (TPSA) is 54.3 Å². The third kappa shape index (κ3) is 4.49. The molecule has 6 nitrogen and oxygen atoms in total. The summed E-state index contributed by atoms with van der Waals surface area (Å²) < 4.78 is 2.60. The van der Waals surface area contributed by atoms with Crippen molar-refractivity contribution in [3.8, 4) is 0 Å². The Labute approximate surface area is 180 Å². The van der Waals surface area contributed by atoms with Crippen LogP contribution in [0.4, 0.5) is 5.13 Å². The molecule has 0 radical (unpaired) electrons. The Bertz CT molecular complexity index is 932. The molecule has 1 aromatic carbocycles. The van der Waals surface area contributed by atoms with Crippen molar-refractivity contribution >= 4 is 56.6 Å². The van der Waals surface area contributed by atoms with Gasteiger partial charge in [0.15, 0.2) is 5.13 Å². The van der Waals surface area contributed by atoms with Gasteiger partial charge in [0.05, 0.1) is 15.9 Å². The van der Waals surface area contributed by atoms with Gasteiger partial charge in [-0.3, -0.25) is 14.4 Å². The molecule has 0 saturated carbocycles. The van der Waals surface area contributed by atoms with Gasteiger partial charge in [-0.05, 0) is 37.7 Å². The molecule has 28 heavy (non-hydrogen) atoms. The van der Waals surface area contributed by atoms with Crippen LogP contribution in [0.3, 0.4) is 0 Å². The Kier molecular flexibility index (Phi) is 7.83. The van der Waals surface area contributed by atoms with E-state index in [4.69, 9.17) is 11.6 Å². The van der Waals surface area contributed by atoms with Crippen LogP contribution in [0.25, 0.3) is 10.2 Å². The second kappa shape index (κ2) is 9.69. The number of rotatable bonds is 7. The number of carbonyl (C=O) groups is 1. The number of likely N-dealkylation sites (N-methyl/N-ethyl adjacent to an activating group) is 1. The van der Waals surface area contributed by atoms with Gasteiger partial charge < -0.3 is 4.90 Å². The highest BCUT2D eigenvalue weighted by Crippen LogP contribution is 2.33. The van der Waals surface area contributed by atoms with Crippen molar-refractivity contribution in [2.24, 2.45) is 7.05 Å². The number of halogens is 2. The fourth-order valence-corrected chi connectivity index (χ4v) is 4.36. The maximum atomic E-state index is 13.4. The van der Waals surface area contributed by atoms with Gasteiger partial charge in [-0.1, -0.05) is 42.9 Å². The number of aromatic nitrogens is 3. The summed E-state index contributed by atoms with van der Waals surface area (Å²) in [6.45, 7) is 9.36. The van der Waals surface area contributed by atoms with Crippen molar-refractivity contribution in [2.75, 3.05) is 31.1 Å². The number of para-hydroxylation sites is 1. The van der Waals surface area contributed by atoms with Gasteiger partial charge in [0, 0.05) is 20.1 Å². The molecule has 0 unspecified atom stereocenters. The Balaban J connectivity index is 0.00000280. The van der Waals surface area contributed by atoms with Crippen LogP contribution in [0.15, 0.2) is 24.4 Å². The highest BCUT2D eigenvalue weighted by Gasteiger charge is 2.26. The Morgan fingerprint density at radius 2 is 1.96 bits per heavy atom. The molecule has 0 N–H and O–H groups in total. The lowest BCUT2D eigenvalue weighted by Gasteiger charge is -2.25. The number of nitrogens with zero attached hydrogens (tertiary/aromatic N) is 5. The Morgan fingerprint density at radius 1 is 1.25 bits per heavy atom. The fourth-order valence-electron chi connectivity index (χ4n) is 3.07. The van der Waals surface area contributed by atoms with Crippen molar-refractivity contribution in [2.45, 2.75) is 20.8 Å². The smallest absolute Gasteiger partial charge is 0.278 e. The molecule has 0 spiro atoms. The molecule has 2 heterocycles. The summed E-state index contributed by atoms with van der Waals surface area (Å²) in [6.07, 6.45) is 1.71. The van der Waals surface area contributed by atoms with Gasteiger partial charge in [0.2, 0.25) is 0 Å². The largest absolute Gasteiger partial charge is 0.302 e. The second-order valence-electron chi connectivity index (χ2n) is 6.37. The fraction of sp³-hybridized carbons (Fsp3) is 0.421. The molecule has 0 saturated heterocycles. The van der Waals surface area contributed by atoms with Crippen LogP contribution in [0.2, 0.25) is 5.02 Å². The number of amides is 1. The minimum absolute atomic E-state index is 0. The molecular formula is C19H25Cl2N5OS. The molecule has 9 heteroatoms. The maximum Gasteiger partial charge on any atom is 0.278 e. The van der Waals surface area contributed by atoms with Gasteiger partial charge in [0.1, 0.15) is 11.2 Å². The summed E-state index contributed by atoms with van der Waals surface area (Å²) in [6, 6.07) is 5.70. The van der Waals surface area contributed by atoms with E-state index in [0.717, 1.165) is 35.4 Å². The lowest BCUT2D eigenvalue weighted by molar-refractivity contribution is 0.0974. The predicted octanol–water partition coefficient (Wildman–Crippen LogP) is 4.40. The van der Waals surface area contributed by atoms with Crippen LogP contribution in [-0.2, 0) is 7.05 Å². The average Bonchev–Trinajstić information content (AvgIpc) is 3.22. The molecular weight excluding hydrogens is 417 g/mol. The van der Waals surface area contributed by atoms with Crippen LogP contribution >= 0.6 is 35.3 Å². The van der Waals surface area contributed by atoms with Crippen molar-refractivity contribution in [1.29, 1.82) is 0 Å². The number of hydrogen-bond donors (Lipinski definition) is 0. The number of hydrogen-bond acceptors (Lipinski definition) is 5. The van der Waals surface area contributed by atoms with Crippen molar-refractivity contribution in [3.63, 3.8) is 0 Å². The van der Waals surface area contributed by atoms with Crippen molar-refractivity contribution < 1.29 is 4.79 Å². The maximum absolute atomic E-state index is 13.4. The molecule has 1 amide bonds. The summed E-state index contributed by atoms with van der Waals surface area (Å²) in [5.41, 5.74) is 2.18. The summed E-state index contributed by atoms with van der Waals surface area (Å²) in [7, 11) is 1.79. The van der Waals surface area contributed by atoms with Crippen LogP contribution in [0, 0.1) is 6.92 Å². The lowest BCUT2D eigenvalue weighted by Crippen LogP contribution is -2.39. The molecule has 0 aliphatic heterocycles. The van der Waals surface area contributed by atoms with E-state index >= 15 is 0 Å². The normalized spacial score (nSPS) is 11.1. The molecule has 0 aliphatic carbocycles. The monoisotopic (exact) mass is 441 g/mol. The minimum atomic E-state index is -0.0881. The van der Waals surface area contributed by atoms with E-state index in [1.807, 2.05) is 25.1 Å². The average molecular weight is 442 g/mol. The van der Waals surface area contributed by atoms with E-state index in [9.17, 15) is 4.79 Å². The van der Waals surface area contributed by atoms with Crippen LogP contribution < -0.4 is 4.90 Å². The molecule has 2 aromatic heterocycles. The molecule has 0 bridgehead atoms. The third-order valence-electron chi connectivity index (χ3n) is 4.69. The SMILES string of the molecule is CCN(CC)CCN(C(=O)c1c(C)cnn1C)c1nc2c(Cl)cccc2s1.Cl. The first-order valence-corrected chi connectivity index (χ1v) is 10.2. The quantitative estimate of drug-likeness (QED) is 0.544. The van der Waals surface area contributed by atoms with Crippen LogP contribution in [-0.4, -0.2) is 51.8 Å². The van der Waals surface area contributed by atoms with E-state index in [1.54, 1.807) is 22.8 Å². The van der Waals surface area contributed by atoms with Gasteiger partial charge >= 0.3 is 0 Å². The molecule has 3 rings (SSSR count). The Hall–Kier alpha value is -1.67. The summed E-state index contributed by atoms with van der Waals surface area (Å²) in [5.74, 6) is -0.0881. The van der Waals surface area contributed by atoms with E-state index in [1.165, 1.54) is 11.3 Å². The molecule has 0 fully saturated rings. The van der Waals surface area contributed by atoms with Gasteiger partial charge in [-0.15, -0.1) is 12.4 Å². The number of thiazole rings is 1. The zero-order valence-corrected chi connectivity index (χ0v) is 18.9. The predicted molar refractivity (Wildman–Crippen MR) is 119 cm³/mol. The van der Waals surface area contributed by atoms with Crippen molar-refractivity contribution in [1.82, 2.24) is 19.7 Å². The van der Waals surface area contributed by atoms with Crippen LogP contribution in [0.1, 0.15) is 29.9 Å². The van der Waals surface area contributed by atoms with Gasteiger partial charge in [-0.2, -0.15) is 5.10 Å². The molecule has 152 valence electrons. The van der Waals surface area contributed by atoms with E-state index < -0.39 is 0 Å². The van der Waals surface area contributed by atoms with Gasteiger partial charge in [-0.25, -0.2) is 4.98 Å². The summed E-state index contributed by atoms with van der Waals surface area (Å²) in [4.78, 5) is 22.1. The zero-order chi connectivity index (χ0) is 19.6. The lowest BCUT2D eigenvalue weighted by atomic mass is 10.2. The molecule has 3 aromatic rings. The Morgan fingerprint density at radius 3 is 2.54 bits per heavy atom. The highest BCUT2D eigenvalue weighted by atomic mass is 35.5. The first-order chi connectivity index (χ1) is 13.0. The number of aryl methyl sites for hydroxylation is 2. The summed E-state index contributed by atoms with van der Waals surface area (Å²) >= 11 is 7.78. The highest BCUT2D eigenvalue weighted by molar-refractivity contribution is 7.22. The third-order valence-corrected chi connectivity index (χ3v) is 6.04. The second-order valence-corrected chi connectivity index (χ2v) is 7.78. The summed E-state index contributed by atoms with van der Waals surface area (Å²) in [5, 5.41) is 5.48. The molecule has 0 atom stereocenters. The van der Waals surface area contributed by atoms with Crippen molar-refractivity contribution in [3.05, 3.63) is 40.7 Å². The van der Waals surface area contributed by atoms with E-state index in [2.05, 4.69) is 28.8 Å². The minimum Gasteiger partial charge on any atom is -0.302 e.